The van der Waals surface area contributed by atoms with Crippen LogP contribution in [0.3, 0.4) is 0 Å². The first-order valence-electron chi connectivity index (χ1n) is 9.80. The molecule has 0 spiro atoms. The molecule has 0 saturated carbocycles. The standard InChI is InChI=1S/C22H25N5O3S/c1-15(23-21(29)16-9-11-18(30-3)12-10-16)20-25-26-22(27(20)2)31-14-13-19(28)24-17-7-5-4-6-8-17/h4-12,15H,13-14H2,1-3H3,(H,23,29)(H,24,28). The van der Waals surface area contributed by atoms with Gasteiger partial charge in [-0.3, -0.25) is 9.59 Å². The van der Waals surface area contributed by atoms with Crippen molar-refractivity contribution in [3.05, 3.63) is 66.0 Å². The van der Waals surface area contributed by atoms with Gasteiger partial charge in [-0.25, -0.2) is 0 Å². The van der Waals surface area contributed by atoms with Gasteiger partial charge in [0.2, 0.25) is 5.91 Å². The Morgan fingerprint density at radius 2 is 1.81 bits per heavy atom. The van der Waals surface area contributed by atoms with Gasteiger partial charge < -0.3 is 19.9 Å². The van der Waals surface area contributed by atoms with Gasteiger partial charge >= 0.3 is 0 Å². The molecule has 0 aliphatic carbocycles. The molecule has 0 aliphatic heterocycles. The molecule has 0 fully saturated rings. The zero-order valence-electron chi connectivity index (χ0n) is 17.7. The van der Waals surface area contributed by atoms with E-state index in [9.17, 15) is 9.59 Å². The van der Waals surface area contributed by atoms with Gasteiger partial charge in [0.1, 0.15) is 5.75 Å². The second-order valence-corrected chi connectivity index (χ2v) is 7.90. The van der Waals surface area contributed by atoms with Crippen LogP contribution in [0.1, 0.15) is 35.6 Å². The molecule has 9 heteroatoms. The molecule has 1 aromatic heterocycles. The summed E-state index contributed by atoms with van der Waals surface area (Å²) in [5.74, 6) is 1.64. The minimum absolute atomic E-state index is 0.0544. The number of hydrogen-bond donors (Lipinski definition) is 2. The van der Waals surface area contributed by atoms with Gasteiger partial charge in [-0.2, -0.15) is 0 Å². The number of carbonyl (C=O) groups excluding carboxylic acids is 2. The molecule has 2 amide bonds. The molecule has 3 aromatic rings. The molecular weight excluding hydrogens is 414 g/mol. The fourth-order valence-electron chi connectivity index (χ4n) is 2.90. The van der Waals surface area contributed by atoms with E-state index in [1.54, 1.807) is 31.4 Å². The number of nitrogens with one attached hydrogen (secondary N) is 2. The van der Waals surface area contributed by atoms with Gasteiger partial charge in [0.15, 0.2) is 11.0 Å². The number of rotatable bonds is 9. The molecule has 2 aromatic carbocycles. The number of nitrogens with zero attached hydrogens (tertiary/aromatic N) is 3. The Hall–Kier alpha value is -3.33. The van der Waals surface area contributed by atoms with Gasteiger partial charge in [0.05, 0.1) is 13.2 Å². The molecule has 0 aliphatic rings. The maximum atomic E-state index is 12.5. The highest BCUT2D eigenvalue weighted by atomic mass is 32.2. The van der Waals surface area contributed by atoms with Crippen LogP contribution in [0.2, 0.25) is 0 Å². The summed E-state index contributed by atoms with van der Waals surface area (Å²) in [5.41, 5.74) is 1.31. The molecular formula is C22H25N5O3S. The summed E-state index contributed by atoms with van der Waals surface area (Å²) in [6.45, 7) is 1.85. The van der Waals surface area contributed by atoms with Crippen LogP contribution in [0.5, 0.6) is 5.75 Å². The number of methoxy groups -OCH3 is 1. The van der Waals surface area contributed by atoms with Crippen LogP contribution < -0.4 is 15.4 Å². The highest BCUT2D eigenvalue weighted by molar-refractivity contribution is 7.99. The molecule has 1 atom stereocenters. The third kappa shape index (κ3) is 6.08. The van der Waals surface area contributed by atoms with Crippen LogP contribution in [0.25, 0.3) is 0 Å². The molecule has 162 valence electrons. The van der Waals surface area contributed by atoms with Crippen molar-refractivity contribution in [3.8, 4) is 5.75 Å². The third-order valence-corrected chi connectivity index (χ3v) is 5.60. The van der Waals surface area contributed by atoms with Crippen molar-refractivity contribution in [2.24, 2.45) is 7.05 Å². The quantitative estimate of drug-likeness (QED) is 0.496. The van der Waals surface area contributed by atoms with Crippen LogP contribution >= 0.6 is 11.8 Å². The predicted octanol–water partition coefficient (Wildman–Crippen LogP) is 3.44. The minimum atomic E-state index is -0.331. The molecule has 1 unspecified atom stereocenters. The Morgan fingerprint density at radius 1 is 1.10 bits per heavy atom. The number of hydrogen-bond acceptors (Lipinski definition) is 6. The highest BCUT2D eigenvalue weighted by Gasteiger charge is 2.18. The number of anilines is 1. The van der Waals surface area contributed by atoms with Crippen molar-refractivity contribution in [2.45, 2.75) is 24.5 Å². The number of ether oxygens (including phenoxy) is 1. The summed E-state index contributed by atoms with van der Waals surface area (Å²) < 4.78 is 6.95. The van der Waals surface area contributed by atoms with Gasteiger partial charge in [-0.05, 0) is 43.3 Å². The average molecular weight is 440 g/mol. The van der Waals surface area contributed by atoms with E-state index in [1.807, 2.05) is 48.9 Å². The summed E-state index contributed by atoms with van der Waals surface area (Å²) in [5, 5.41) is 14.9. The Labute approximate surface area is 185 Å². The Balaban J connectivity index is 1.51. The predicted molar refractivity (Wildman–Crippen MR) is 120 cm³/mol. The molecule has 1 heterocycles. The number of aromatic nitrogens is 3. The van der Waals surface area contributed by atoms with Gasteiger partial charge in [0.25, 0.3) is 5.91 Å². The average Bonchev–Trinajstić information content (AvgIpc) is 3.15. The molecule has 0 saturated heterocycles. The van der Waals surface area contributed by atoms with E-state index in [0.717, 1.165) is 5.69 Å². The molecule has 8 nitrogen and oxygen atoms in total. The first kappa shape index (κ1) is 22.4. The second-order valence-electron chi connectivity index (χ2n) is 6.84. The zero-order chi connectivity index (χ0) is 22.2. The molecule has 2 N–H and O–H groups in total. The van der Waals surface area contributed by atoms with Crippen molar-refractivity contribution in [1.29, 1.82) is 0 Å². The van der Waals surface area contributed by atoms with Crippen LogP contribution in [0, 0.1) is 0 Å². The normalized spacial score (nSPS) is 11.6. The summed E-state index contributed by atoms with van der Waals surface area (Å²) in [4.78, 5) is 24.6. The van der Waals surface area contributed by atoms with Crippen molar-refractivity contribution < 1.29 is 14.3 Å². The van der Waals surface area contributed by atoms with Crippen LogP contribution in [0.4, 0.5) is 5.69 Å². The van der Waals surface area contributed by atoms with E-state index in [4.69, 9.17) is 4.74 Å². The Bertz CT molecular complexity index is 1020. The minimum Gasteiger partial charge on any atom is -0.497 e. The lowest BCUT2D eigenvalue weighted by molar-refractivity contribution is -0.115. The number of para-hydroxylation sites is 1. The fourth-order valence-corrected chi connectivity index (χ4v) is 3.75. The molecule has 0 bridgehead atoms. The first-order valence-corrected chi connectivity index (χ1v) is 10.8. The topological polar surface area (TPSA) is 98.1 Å². The SMILES string of the molecule is COc1ccc(C(=O)NC(C)c2nnc(SCCC(=O)Nc3ccccc3)n2C)cc1. The smallest absolute Gasteiger partial charge is 0.251 e. The molecule has 31 heavy (non-hydrogen) atoms. The molecule has 3 rings (SSSR count). The summed E-state index contributed by atoms with van der Waals surface area (Å²) in [6, 6.07) is 15.9. The van der Waals surface area contributed by atoms with E-state index in [-0.39, 0.29) is 17.9 Å². The van der Waals surface area contributed by atoms with Gasteiger partial charge in [-0.1, -0.05) is 30.0 Å². The van der Waals surface area contributed by atoms with E-state index >= 15 is 0 Å². The van der Waals surface area contributed by atoms with Crippen molar-refractivity contribution >= 4 is 29.3 Å². The van der Waals surface area contributed by atoms with Crippen LogP contribution in [-0.2, 0) is 11.8 Å². The fraction of sp³-hybridized carbons (Fsp3) is 0.273. The maximum Gasteiger partial charge on any atom is 0.251 e. The van der Waals surface area contributed by atoms with E-state index in [0.29, 0.717) is 34.5 Å². The monoisotopic (exact) mass is 439 g/mol. The summed E-state index contributed by atoms with van der Waals surface area (Å²) in [7, 11) is 3.42. The van der Waals surface area contributed by atoms with Crippen LogP contribution in [-0.4, -0.2) is 39.4 Å². The molecule has 0 radical (unpaired) electrons. The van der Waals surface area contributed by atoms with E-state index in [1.165, 1.54) is 11.8 Å². The third-order valence-electron chi connectivity index (χ3n) is 4.57. The van der Waals surface area contributed by atoms with Gasteiger partial charge in [0, 0.05) is 30.5 Å². The number of amides is 2. The van der Waals surface area contributed by atoms with Gasteiger partial charge in [-0.15, -0.1) is 10.2 Å². The lowest BCUT2D eigenvalue weighted by atomic mass is 10.2. The Morgan fingerprint density at radius 3 is 2.48 bits per heavy atom. The highest BCUT2D eigenvalue weighted by Crippen LogP contribution is 2.20. The second kappa shape index (κ2) is 10.6. The van der Waals surface area contributed by atoms with E-state index in [2.05, 4.69) is 20.8 Å². The van der Waals surface area contributed by atoms with Crippen LogP contribution in [0.15, 0.2) is 59.8 Å². The number of carbonyl (C=O) groups is 2. The van der Waals surface area contributed by atoms with Crippen molar-refractivity contribution in [1.82, 2.24) is 20.1 Å². The summed E-state index contributed by atoms with van der Waals surface area (Å²) in [6.07, 6.45) is 0.353. The maximum absolute atomic E-state index is 12.5. The Kier molecular flexibility index (Phi) is 7.66. The van der Waals surface area contributed by atoms with Crippen molar-refractivity contribution in [2.75, 3.05) is 18.2 Å². The lowest BCUT2D eigenvalue weighted by Crippen LogP contribution is -2.28. The van der Waals surface area contributed by atoms with Crippen molar-refractivity contribution in [3.63, 3.8) is 0 Å². The lowest BCUT2D eigenvalue weighted by Gasteiger charge is -2.14. The number of thioether (sulfide) groups is 1. The largest absolute Gasteiger partial charge is 0.497 e. The zero-order valence-corrected chi connectivity index (χ0v) is 18.5. The first-order chi connectivity index (χ1) is 15.0. The number of benzene rings is 2. The van der Waals surface area contributed by atoms with E-state index < -0.39 is 0 Å². The summed E-state index contributed by atoms with van der Waals surface area (Å²) >= 11 is 1.45.